The molecule has 110 valence electrons. The molecule has 0 aliphatic carbocycles. The lowest BCUT2D eigenvalue weighted by Gasteiger charge is -2.25. The number of hydrogen-bond acceptors (Lipinski definition) is 4. The molecule has 19 heavy (non-hydrogen) atoms. The van der Waals surface area contributed by atoms with E-state index in [1.807, 2.05) is 0 Å². The molecule has 0 saturated carbocycles. The zero-order chi connectivity index (χ0) is 14.7. The van der Waals surface area contributed by atoms with E-state index in [4.69, 9.17) is 4.42 Å². The van der Waals surface area contributed by atoms with Gasteiger partial charge in [0.05, 0.1) is 6.54 Å². The van der Waals surface area contributed by atoms with Gasteiger partial charge in [-0.15, -0.1) is 0 Å². The van der Waals surface area contributed by atoms with Crippen molar-refractivity contribution in [3.05, 3.63) is 17.9 Å². The van der Waals surface area contributed by atoms with Crippen molar-refractivity contribution < 1.29 is 12.8 Å². The van der Waals surface area contributed by atoms with E-state index in [-0.39, 0.29) is 10.6 Å². The zero-order valence-corrected chi connectivity index (χ0v) is 13.2. The average molecular weight is 288 g/mol. The Hall–Kier alpha value is -0.850. The van der Waals surface area contributed by atoms with E-state index in [1.165, 1.54) is 20.2 Å². The van der Waals surface area contributed by atoms with Gasteiger partial charge in [-0.2, -0.15) is 0 Å². The Labute approximate surface area is 116 Å². The Kier molecular flexibility index (Phi) is 5.18. The first kappa shape index (κ1) is 16.2. The van der Waals surface area contributed by atoms with E-state index in [0.717, 1.165) is 17.1 Å². The molecule has 0 bridgehead atoms. The summed E-state index contributed by atoms with van der Waals surface area (Å²) in [5.41, 5.74) is 0.0160. The van der Waals surface area contributed by atoms with Crippen LogP contribution in [0.3, 0.4) is 0 Å². The highest BCUT2D eigenvalue weighted by Crippen LogP contribution is 2.18. The van der Waals surface area contributed by atoms with Crippen LogP contribution in [0.2, 0.25) is 0 Å². The monoisotopic (exact) mass is 288 g/mol. The molecule has 0 saturated heterocycles. The van der Waals surface area contributed by atoms with Gasteiger partial charge in [0.1, 0.15) is 5.76 Å². The van der Waals surface area contributed by atoms with Gasteiger partial charge in [0.2, 0.25) is 5.09 Å². The third-order valence-corrected chi connectivity index (χ3v) is 4.68. The van der Waals surface area contributed by atoms with Gasteiger partial charge in [-0.3, -0.25) is 0 Å². The first-order valence-corrected chi connectivity index (χ1v) is 7.89. The number of nitrogens with zero attached hydrogens (tertiary/aromatic N) is 1. The summed E-state index contributed by atoms with van der Waals surface area (Å²) >= 11 is 0. The molecule has 1 heterocycles. The molecule has 6 heteroatoms. The second-order valence-electron chi connectivity index (χ2n) is 5.50. The summed E-state index contributed by atoms with van der Waals surface area (Å²) in [5, 5.41) is 3.36. The van der Waals surface area contributed by atoms with Gasteiger partial charge < -0.3 is 9.73 Å². The Morgan fingerprint density at radius 1 is 1.32 bits per heavy atom. The van der Waals surface area contributed by atoms with E-state index in [0.29, 0.717) is 12.3 Å². The SMILES string of the molecule is CCCC(C)(C)NCc1ccc(S(=O)(=O)N(C)C)o1. The fraction of sp³-hybridized carbons (Fsp3) is 0.692. The molecule has 0 aliphatic heterocycles. The third-order valence-electron chi connectivity index (χ3n) is 2.99. The topological polar surface area (TPSA) is 62.6 Å². The van der Waals surface area contributed by atoms with Crippen LogP contribution in [0.5, 0.6) is 0 Å². The van der Waals surface area contributed by atoms with Crippen LogP contribution in [-0.4, -0.2) is 32.4 Å². The van der Waals surface area contributed by atoms with Crippen molar-refractivity contribution in [3.8, 4) is 0 Å². The predicted molar refractivity (Wildman–Crippen MR) is 75.4 cm³/mol. The van der Waals surface area contributed by atoms with Gasteiger partial charge >= 0.3 is 0 Å². The van der Waals surface area contributed by atoms with E-state index in [1.54, 1.807) is 6.07 Å². The molecule has 5 nitrogen and oxygen atoms in total. The first-order valence-electron chi connectivity index (χ1n) is 6.45. The molecule has 1 aromatic heterocycles. The van der Waals surface area contributed by atoms with Crippen molar-refractivity contribution in [1.29, 1.82) is 0 Å². The standard InChI is InChI=1S/C13H24N2O3S/c1-6-9-13(2,3)14-10-11-7-8-12(18-11)19(16,17)15(4)5/h7-8,14H,6,9-10H2,1-5H3. The molecule has 1 N–H and O–H groups in total. The summed E-state index contributed by atoms with van der Waals surface area (Å²) in [6.07, 6.45) is 2.15. The maximum atomic E-state index is 11.9. The highest BCUT2D eigenvalue weighted by atomic mass is 32.2. The summed E-state index contributed by atoms with van der Waals surface area (Å²) < 4.78 is 30.3. The van der Waals surface area contributed by atoms with Crippen LogP contribution in [-0.2, 0) is 16.6 Å². The maximum Gasteiger partial charge on any atom is 0.275 e. The summed E-state index contributed by atoms with van der Waals surface area (Å²) in [5.74, 6) is 0.629. The van der Waals surface area contributed by atoms with E-state index in [9.17, 15) is 8.42 Å². The van der Waals surface area contributed by atoms with E-state index in [2.05, 4.69) is 26.1 Å². The fourth-order valence-corrected chi connectivity index (χ4v) is 2.62. The van der Waals surface area contributed by atoms with Crippen molar-refractivity contribution in [2.75, 3.05) is 14.1 Å². The van der Waals surface area contributed by atoms with Crippen molar-refractivity contribution in [3.63, 3.8) is 0 Å². The van der Waals surface area contributed by atoms with Crippen molar-refractivity contribution in [2.24, 2.45) is 0 Å². The Balaban J connectivity index is 2.72. The maximum absolute atomic E-state index is 11.9. The highest BCUT2D eigenvalue weighted by Gasteiger charge is 2.22. The van der Waals surface area contributed by atoms with Crippen LogP contribution in [0, 0.1) is 0 Å². The van der Waals surface area contributed by atoms with E-state index < -0.39 is 10.0 Å². The first-order chi connectivity index (χ1) is 8.69. The van der Waals surface area contributed by atoms with Crippen LogP contribution in [0.25, 0.3) is 0 Å². The Bertz CT molecular complexity index is 504. The summed E-state index contributed by atoms with van der Waals surface area (Å²) in [6, 6.07) is 3.20. The number of furan rings is 1. The molecule has 0 atom stereocenters. The molecule has 1 rings (SSSR count). The van der Waals surface area contributed by atoms with Gasteiger partial charge in [-0.1, -0.05) is 13.3 Å². The van der Waals surface area contributed by atoms with Crippen LogP contribution in [0.15, 0.2) is 21.6 Å². The van der Waals surface area contributed by atoms with Gasteiger partial charge in [-0.05, 0) is 32.4 Å². The van der Waals surface area contributed by atoms with Crippen LogP contribution in [0.1, 0.15) is 39.4 Å². The number of nitrogens with one attached hydrogen (secondary N) is 1. The van der Waals surface area contributed by atoms with Crippen molar-refractivity contribution in [1.82, 2.24) is 9.62 Å². The molecular formula is C13H24N2O3S. The average Bonchev–Trinajstić information content (AvgIpc) is 2.75. The third kappa shape index (κ3) is 4.33. The lowest BCUT2D eigenvalue weighted by Crippen LogP contribution is -2.38. The molecule has 0 fully saturated rings. The molecule has 0 aliphatic rings. The summed E-state index contributed by atoms with van der Waals surface area (Å²) in [4.78, 5) is 0. The lowest BCUT2D eigenvalue weighted by atomic mass is 9.99. The summed E-state index contributed by atoms with van der Waals surface area (Å²) in [6.45, 7) is 6.90. The molecule has 0 unspecified atom stereocenters. The number of rotatable bonds is 7. The molecular weight excluding hydrogens is 264 g/mol. The minimum absolute atomic E-state index is 0.0115. The zero-order valence-electron chi connectivity index (χ0n) is 12.4. The van der Waals surface area contributed by atoms with Gasteiger partial charge in [-0.25, -0.2) is 12.7 Å². The number of hydrogen-bond donors (Lipinski definition) is 1. The van der Waals surface area contributed by atoms with Crippen molar-refractivity contribution >= 4 is 10.0 Å². The summed E-state index contributed by atoms with van der Waals surface area (Å²) in [7, 11) is -0.509. The minimum Gasteiger partial charge on any atom is -0.447 e. The highest BCUT2D eigenvalue weighted by molar-refractivity contribution is 7.88. The number of sulfonamides is 1. The minimum atomic E-state index is -3.48. The normalized spacial score (nSPS) is 13.2. The van der Waals surface area contributed by atoms with Crippen LogP contribution >= 0.6 is 0 Å². The quantitative estimate of drug-likeness (QED) is 0.835. The largest absolute Gasteiger partial charge is 0.447 e. The molecule has 0 spiro atoms. The van der Waals surface area contributed by atoms with Crippen molar-refractivity contribution in [2.45, 2.75) is 50.8 Å². The smallest absolute Gasteiger partial charge is 0.275 e. The molecule has 0 aromatic carbocycles. The Morgan fingerprint density at radius 2 is 1.95 bits per heavy atom. The van der Waals surface area contributed by atoms with E-state index >= 15 is 0 Å². The second-order valence-corrected chi connectivity index (χ2v) is 7.58. The molecule has 0 radical (unpaired) electrons. The van der Waals surface area contributed by atoms with Crippen LogP contribution < -0.4 is 5.32 Å². The predicted octanol–water partition coefficient (Wildman–Crippen LogP) is 2.20. The molecule has 1 aromatic rings. The Morgan fingerprint density at radius 3 is 2.47 bits per heavy atom. The fourth-order valence-electron chi connectivity index (χ4n) is 1.81. The second kappa shape index (κ2) is 6.07. The lowest BCUT2D eigenvalue weighted by molar-refractivity contribution is 0.323. The van der Waals surface area contributed by atoms with Crippen LogP contribution in [0.4, 0.5) is 0 Å². The van der Waals surface area contributed by atoms with Gasteiger partial charge in [0.15, 0.2) is 0 Å². The van der Waals surface area contributed by atoms with Gasteiger partial charge in [0, 0.05) is 19.6 Å². The van der Waals surface area contributed by atoms with Gasteiger partial charge in [0.25, 0.3) is 10.0 Å². The molecule has 0 amide bonds.